The fourth-order valence-corrected chi connectivity index (χ4v) is 5.90. The second-order valence-corrected chi connectivity index (χ2v) is 13.0. The van der Waals surface area contributed by atoms with Gasteiger partial charge in [0.05, 0.1) is 18.5 Å². The smallest absolute Gasteiger partial charge is 0.416 e. The summed E-state index contributed by atoms with van der Waals surface area (Å²) in [4.78, 5) is 18.7. The van der Waals surface area contributed by atoms with Crippen molar-refractivity contribution in [2.75, 3.05) is 25.4 Å². The molecular weight excluding hydrogens is 601 g/mol. The Balaban J connectivity index is 1.35. The number of hydrogen-bond acceptors (Lipinski definition) is 6. The van der Waals surface area contributed by atoms with Crippen molar-refractivity contribution in [1.29, 1.82) is 0 Å². The molecule has 9 nitrogen and oxygen atoms in total. The third kappa shape index (κ3) is 7.02. The molecule has 2 atom stereocenters. The number of halogens is 2. The maximum absolute atomic E-state index is 13.5. The molecule has 1 aliphatic heterocycles. The highest BCUT2D eigenvalue weighted by Gasteiger charge is 2.35. The number of carbonyl (C=O) groups is 1. The van der Waals surface area contributed by atoms with E-state index in [1.165, 1.54) is 6.92 Å². The van der Waals surface area contributed by atoms with Crippen molar-refractivity contribution in [3.8, 4) is 11.5 Å². The Morgan fingerprint density at radius 3 is 2.48 bits per heavy atom. The number of aliphatic hydroxyl groups excluding tert-OH is 1. The predicted octanol–water partition coefficient (Wildman–Crippen LogP) is 5.69. The first-order valence-corrected chi connectivity index (χ1v) is 16.0. The number of aromatic nitrogens is 1. The molecule has 0 saturated heterocycles. The Labute approximate surface area is 254 Å². The summed E-state index contributed by atoms with van der Waals surface area (Å²) in [5.41, 5.74) is 3.77. The molecule has 4 aromatic rings. The number of aliphatic hydroxyl groups is 1. The van der Waals surface area contributed by atoms with Gasteiger partial charge in [-0.2, -0.15) is 0 Å². The van der Waals surface area contributed by atoms with Gasteiger partial charge < -0.3 is 19.6 Å². The van der Waals surface area contributed by atoms with Crippen molar-refractivity contribution in [3.63, 3.8) is 0 Å². The van der Waals surface area contributed by atoms with Gasteiger partial charge in [0.1, 0.15) is 17.5 Å². The lowest BCUT2D eigenvalue weighted by molar-refractivity contribution is 0.135. The number of fused-ring (bicyclic) bond motifs is 3. The van der Waals surface area contributed by atoms with Crippen molar-refractivity contribution in [2.24, 2.45) is 0 Å². The Kier molecular flexibility index (Phi) is 9.29. The predicted molar refractivity (Wildman–Crippen MR) is 163 cm³/mol. The number of rotatable bonds is 10. The van der Waals surface area contributed by atoms with Gasteiger partial charge in [-0.15, -0.1) is 0 Å². The van der Waals surface area contributed by atoms with Crippen molar-refractivity contribution in [3.05, 3.63) is 93.6 Å². The molecule has 42 heavy (non-hydrogen) atoms. The molecule has 0 bridgehead atoms. The van der Waals surface area contributed by atoms with Crippen LogP contribution < -0.4 is 14.2 Å². The minimum atomic E-state index is -3.37. The second-order valence-electron chi connectivity index (χ2n) is 9.99. The summed E-state index contributed by atoms with van der Waals surface area (Å²) in [6, 6.07) is 19.3. The number of H-pyrrole nitrogens is 1. The van der Waals surface area contributed by atoms with Gasteiger partial charge in [0.2, 0.25) is 10.0 Å². The summed E-state index contributed by atoms with van der Waals surface area (Å²) in [5, 5.41) is 12.3. The number of sulfonamides is 1. The average Bonchev–Trinajstić information content (AvgIpc) is 3.35. The number of carbonyl (C=O) groups excluding carboxylic acids is 1. The standard InChI is InChI=1S/C30H31Cl2N3O6S/c1-2-42(38,39)33-18-22(36)14-16-40-23-8-3-19(4-9-23)29-28-25(26-17-21(32)7-12-27(26)34-28)13-15-35(29)30(37)41-24-10-5-20(31)6-11-24/h3-12,17,22,29,33-34,36H,2,13-16,18H2,1H3/t22?,29-/m0/s1. The van der Waals surface area contributed by atoms with E-state index < -0.39 is 28.3 Å². The third-order valence-electron chi connectivity index (χ3n) is 7.18. The highest BCUT2D eigenvalue weighted by Crippen LogP contribution is 2.40. The van der Waals surface area contributed by atoms with Gasteiger partial charge in [0.15, 0.2) is 0 Å². The minimum Gasteiger partial charge on any atom is -0.493 e. The van der Waals surface area contributed by atoms with E-state index in [9.17, 15) is 18.3 Å². The fraction of sp³-hybridized carbons (Fsp3) is 0.300. The molecule has 222 valence electrons. The van der Waals surface area contributed by atoms with E-state index >= 15 is 0 Å². The molecule has 0 spiro atoms. The van der Waals surface area contributed by atoms with Crippen molar-refractivity contribution >= 4 is 50.2 Å². The molecule has 0 radical (unpaired) electrons. The van der Waals surface area contributed by atoms with E-state index in [4.69, 9.17) is 32.7 Å². The third-order valence-corrected chi connectivity index (χ3v) is 9.03. The lowest BCUT2D eigenvalue weighted by atomic mass is 9.92. The number of nitrogens with one attached hydrogen (secondary N) is 2. The van der Waals surface area contributed by atoms with Crippen LogP contribution >= 0.6 is 23.2 Å². The van der Waals surface area contributed by atoms with Crippen molar-refractivity contribution < 1.29 is 27.8 Å². The summed E-state index contributed by atoms with van der Waals surface area (Å²) in [7, 11) is -3.37. The molecule has 3 N–H and O–H groups in total. The van der Waals surface area contributed by atoms with Crippen LogP contribution in [0.25, 0.3) is 10.9 Å². The van der Waals surface area contributed by atoms with E-state index in [2.05, 4.69) is 9.71 Å². The Morgan fingerprint density at radius 2 is 1.76 bits per heavy atom. The molecule has 1 unspecified atom stereocenters. The van der Waals surface area contributed by atoms with Crippen LogP contribution in [0, 0.1) is 0 Å². The van der Waals surface area contributed by atoms with Gasteiger partial charge in [-0.1, -0.05) is 35.3 Å². The normalized spacial score (nSPS) is 15.8. The molecule has 0 fully saturated rings. The van der Waals surface area contributed by atoms with Gasteiger partial charge >= 0.3 is 6.09 Å². The van der Waals surface area contributed by atoms with Crippen LogP contribution in [0.2, 0.25) is 10.0 Å². The zero-order valence-electron chi connectivity index (χ0n) is 22.8. The SMILES string of the molecule is CCS(=O)(=O)NCC(O)CCOc1ccc([C@H]2c3[nH]c4ccc(Cl)cc4c3CCN2C(=O)Oc2ccc(Cl)cc2)cc1. The summed E-state index contributed by atoms with van der Waals surface area (Å²) in [6.45, 7) is 2.09. The van der Waals surface area contributed by atoms with Gasteiger partial charge in [-0.3, -0.25) is 4.90 Å². The van der Waals surface area contributed by atoms with Gasteiger partial charge in [0.25, 0.3) is 0 Å². The second kappa shape index (κ2) is 12.9. The van der Waals surface area contributed by atoms with Crippen LogP contribution in [-0.4, -0.2) is 61.1 Å². The Bertz CT molecular complexity index is 1660. The number of amides is 1. The highest BCUT2D eigenvalue weighted by atomic mass is 35.5. The average molecular weight is 633 g/mol. The van der Waals surface area contributed by atoms with Gasteiger partial charge in [0, 0.05) is 46.2 Å². The number of aromatic amines is 1. The zero-order valence-corrected chi connectivity index (χ0v) is 25.2. The lowest BCUT2D eigenvalue weighted by Crippen LogP contribution is -2.42. The summed E-state index contributed by atoms with van der Waals surface area (Å²) in [5.74, 6) is 0.925. The first-order chi connectivity index (χ1) is 20.1. The van der Waals surface area contributed by atoms with Gasteiger partial charge in [-0.05, 0) is 79.1 Å². The van der Waals surface area contributed by atoms with E-state index in [0.29, 0.717) is 34.5 Å². The molecule has 1 aromatic heterocycles. The molecule has 0 saturated carbocycles. The maximum atomic E-state index is 13.5. The maximum Gasteiger partial charge on any atom is 0.416 e. The fourth-order valence-electron chi connectivity index (χ4n) is 4.95. The van der Waals surface area contributed by atoms with Gasteiger partial charge in [-0.25, -0.2) is 17.9 Å². The Morgan fingerprint density at radius 1 is 1.07 bits per heavy atom. The van der Waals surface area contributed by atoms with Crippen LogP contribution in [0.3, 0.4) is 0 Å². The topological polar surface area (TPSA) is 121 Å². The van der Waals surface area contributed by atoms with E-state index in [0.717, 1.165) is 27.7 Å². The Hall–Kier alpha value is -3.28. The molecule has 1 amide bonds. The zero-order chi connectivity index (χ0) is 29.9. The summed E-state index contributed by atoms with van der Waals surface area (Å²) < 4.78 is 37.0. The number of hydrogen-bond donors (Lipinski definition) is 3. The quantitative estimate of drug-likeness (QED) is 0.207. The molecule has 3 aromatic carbocycles. The first-order valence-electron chi connectivity index (χ1n) is 13.6. The molecule has 12 heteroatoms. The largest absolute Gasteiger partial charge is 0.493 e. The van der Waals surface area contributed by atoms with Crippen molar-refractivity contribution in [1.82, 2.24) is 14.6 Å². The van der Waals surface area contributed by atoms with Crippen LogP contribution in [0.4, 0.5) is 4.79 Å². The van der Waals surface area contributed by atoms with Crippen LogP contribution in [0.5, 0.6) is 11.5 Å². The molecular formula is C30H31Cl2N3O6S. The monoisotopic (exact) mass is 631 g/mol. The van der Waals surface area contributed by atoms with E-state index in [1.54, 1.807) is 41.3 Å². The molecule has 5 rings (SSSR count). The summed E-state index contributed by atoms with van der Waals surface area (Å²) in [6.07, 6.45) is -0.485. The van der Waals surface area contributed by atoms with E-state index in [-0.39, 0.29) is 25.3 Å². The number of ether oxygens (including phenoxy) is 2. The summed E-state index contributed by atoms with van der Waals surface area (Å²) >= 11 is 12.3. The number of benzene rings is 3. The van der Waals surface area contributed by atoms with E-state index in [1.807, 2.05) is 30.3 Å². The molecule has 2 heterocycles. The first kappa shape index (κ1) is 30.2. The molecule has 0 aliphatic carbocycles. The van der Waals surface area contributed by atoms with Crippen LogP contribution in [0.15, 0.2) is 66.7 Å². The lowest BCUT2D eigenvalue weighted by Gasteiger charge is -2.35. The molecule has 1 aliphatic rings. The highest BCUT2D eigenvalue weighted by molar-refractivity contribution is 7.89. The van der Waals surface area contributed by atoms with Crippen LogP contribution in [0.1, 0.15) is 36.2 Å². The minimum absolute atomic E-state index is 0.0480. The number of nitrogens with zero attached hydrogens (tertiary/aromatic N) is 1. The van der Waals surface area contributed by atoms with Crippen LogP contribution in [-0.2, 0) is 16.4 Å². The van der Waals surface area contributed by atoms with Crippen molar-refractivity contribution in [2.45, 2.75) is 31.9 Å².